The van der Waals surface area contributed by atoms with E-state index in [2.05, 4.69) is 9.47 Å². The van der Waals surface area contributed by atoms with Crippen LogP contribution in [-0.4, -0.2) is 29.3 Å². The van der Waals surface area contributed by atoms with E-state index in [0.29, 0.717) is 0 Å². The number of aliphatic carboxylic acids is 1. The Morgan fingerprint density at radius 3 is 1.88 bits per heavy atom. The predicted octanol–water partition coefficient (Wildman–Crippen LogP) is 0.164. The molecular weight excluding hydrogens is 232 g/mol. The van der Waals surface area contributed by atoms with Crippen LogP contribution in [0.4, 0.5) is 0 Å². The minimum absolute atomic E-state index is 0.213. The van der Waals surface area contributed by atoms with Crippen molar-refractivity contribution in [2.24, 2.45) is 0 Å². The van der Waals surface area contributed by atoms with Crippen LogP contribution < -0.4 is 0 Å². The Morgan fingerprint density at radius 1 is 1.00 bits per heavy atom. The van der Waals surface area contributed by atoms with Crippen LogP contribution in [0.3, 0.4) is 0 Å². The monoisotopic (exact) mass is 242 g/mol. The number of aldehydes is 1. The van der Waals surface area contributed by atoms with E-state index in [1.54, 1.807) is 0 Å². The Bertz CT molecular complexity index is 403. The molecule has 0 aromatic rings. The van der Waals surface area contributed by atoms with Gasteiger partial charge in [-0.25, -0.2) is 4.79 Å². The van der Waals surface area contributed by atoms with Crippen molar-refractivity contribution in [3.05, 3.63) is 23.7 Å². The molecule has 0 aromatic heterocycles. The molecule has 0 radical (unpaired) electrons. The van der Waals surface area contributed by atoms with Gasteiger partial charge >= 0.3 is 17.9 Å². The number of hydrogen-bond acceptors (Lipinski definition) is 6. The highest BCUT2D eigenvalue weighted by Crippen LogP contribution is 2.02. The topological polar surface area (TPSA) is 107 Å². The van der Waals surface area contributed by atoms with Crippen LogP contribution in [0.5, 0.6) is 0 Å². The Balaban J connectivity index is 4.97. The minimum Gasteiger partial charge on any atom is -0.475 e. The molecule has 0 aliphatic carbocycles. The van der Waals surface area contributed by atoms with Gasteiger partial charge in [0.15, 0.2) is 12.0 Å². The van der Waals surface area contributed by atoms with E-state index in [1.807, 2.05) is 0 Å². The van der Waals surface area contributed by atoms with E-state index in [1.165, 1.54) is 0 Å². The molecule has 0 fully saturated rings. The Hall–Kier alpha value is -2.44. The van der Waals surface area contributed by atoms with Gasteiger partial charge in [0.25, 0.3) is 0 Å². The number of carboxylic acid groups (broad SMARTS) is 1. The van der Waals surface area contributed by atoms with E-state index in [-0.39, 0.29) is 6.29 Å². The number of rotatable bonds is 5. The fourth-order valence-corrected chi connectivity index (χ4v) is 0.725. The maximum Gasteiger partial charge on any atom is 0.371 e. The number of ether oxygens (including phenoxy) is 2. The van der Waals surface area contributed by atoms with Gasteiger partial charge in [-0.1, -0.05) is 0 Å². The number of allylic oxidation sites excluding steroid dienone is 3. The van der Waals surface area contributed by atoms with Crippen LogP contribution in [0, 0.1) is 0 Å². The highest BCUT2D eigenvalue weighted by Gasteiger charge is 2.10. The molecule has 0 heterocycles. The normalized spacial score (nSPS) is 11.6. The summed E-state index contributed by atoms with van der Waals surface area (Å²) in [7, 11) is 0. The van der Waals surface area contributed by atoms with E-state index < -0.39 is 29.4 Å². The van der Waals surface area contributed by atoms with E-state index in [4.69, 9.17) is 5.11 Å². The van der Waals surface area contributed by atoms with Crippen molar-refractivity contribution in [1.29, 1.82) is 0 Å². The fourth-order valence-electron chi connectivity index (χ4n) is 0.725. The molecule has 0 aromatic carbocycles. The highest BCUT2D eigenvalue weighted by atomic mass is 16.6. The minimum atomic E-state index is -1.50. The maximum atomic E-state index is 10.6. The molecular formula is C10H10O7. The molecule has 0 saturated heterocycles. The second kappa shape index (κ2) is 6.94. The quantitative estimate of drug-likeness (QED) is 0.240. The Morgan fingerprint density at radius 2 is 1.53 bits per heavy atom. The molecule has 92 valence electrons. The average Bonchev–Trinajstić information content (AvgIpc) is 2.20. The number of carbonyl (C=O) groups excluding carboxylic acids is 3. The summed E-state index contributed by atoms with van der Waals surface area (Å²) >= 11 is 0. The number of carboxylic acids is 1. The smallest absolute Gasteiger partial charge is 0.371 e. The summed E-state index contributed by atoms with van der Waals surface area (Å²) in [5.41, 5.74) is 0. The van der Waals surface area contributed by atoms with Crippen molar-refractivity contribution in [1.82, 2.24) is 0 Å². The van der Waals surface area contributed by atoms with Gasteiger partial charge in [0.2, 0.25) is 5.76 Å². The zero-order valence-corrected chi connectivity index (χ0v) is 9.13. The first-order valence-corrected chi connectivity index (χ1v) is 4.34. The van der Waals surface area contributed by atoms with Gasteiger partial charge in [-0.3, -0.25) is 14.4 Å². The summed E-state index contributed by atoms with van der Waals surface area (Å²) in [5, 5.41) is 8.62. The van der Waals surface area contributed by atoms with Crippen LogP contribution in [0.1, 0.15) is 13.8 Å². The molecule has 0 aliphatic rings. The van der Waals surface area contributed by atoms with E-state index >= 15 is 0 Å². The Labute approximate surface area is 96.3 Å². The molecule has 1 N–H and O–H groups in total. The lowest BCUT2D eigenvalue weighted by Gasteiger charge is -2.00. The molecule has 0 rings (SSSR count). The van der Waals surface area contributed by atoms with Crippen LogP contribution in [0.2, 0.25) is 0 Å². The molecule has 0 aliphatic heterocycles. The number of hydrogen-bond donors (Lipinski definition) is 1. The Kier molecular flexibility index (Phi) is 5.94. The zero-order chi connectivity index (χ0) is 13.4. The molecule has 0 saturated carbocycles. The average molecular weight is 242 g/mol. The van der Waals surface area contributed by atoms with Gasteiger partial charge in [-0.05, 0) is 12.2 Å². The van der Waals surface area contributed by atoms with Crippen LogP contribution in [0.15, 0.2) is 23.7 Å². The van der Waals surface area contributed by atoms with Crippen molar-refractivity contribution in [2.75, 3.05) is 0 Å². The summed E-state index contributed by atoms with van der Waals surface area (Å²) in [6.07, 6.45) is 1.95. The first-order chi connectivity index (χ1) is 7.86. The fraction of sp³-hybridized carbons (Fsp3) is 0.200. The molecule has 0 unspecified atom stereocenters. The van der Waals surface area contributed by atoms with Crippen molar-refractivity contribution in [3.63, 3.8) is 0 Å². The summed E-state index contributed by atoms with van der Waals surface area (Å²) in [6, 6.07) is 0. The van der Waals surface area contributed by atoms with Gasteiger partial charge in [0.1, 0.15) is 0 Å². The van der Waals surface area contributed by atoms with Gasteiger partial charge in [-0.15, -0.1) is 0 Å². The summed E-state index contributed by atoms with van der Waals surface area (Å²) < 4.78 is 8.74. The highest BCUT2D eigenvalue weighted by molar-refractivity contribution is 5.88. The first kappa shape index (κ1) is 14.6. The van der Waals surface area contributed by atoms with E-state index in [9.17, 15) is 19.2 Å². The summed E-state index contributed by atoms with van der Waals surface area (Å²) in [5.74, 6) is -4.15. The number of carbonyl (C=O) groups is 4. The SMILES string of the molecule is CC(=O)OC(C=O)=CC=C(OC(C)=O)C(=O)O. The van der Waals surface area contributed by atoms with Gasteiger partial charge < -0.3 is 14.6 Å². The second-order valence-corrected chi connectivity index (χ2v) is 2.71. The zero-order valence-electron chi connectivity index (χ0n) is 9.13. The van der Waals surface area contributed by atoms with Crippen molar-refractivity contribution in [3.8, 4) is 0 Å². The summed E-state index contributed by atoms with van der Waals surface area (Å²) in [4.78, 5) is 42.1. The molecule has 17 heavy (non-hydrogen) atoms. The van der Waals surface area contributed by atoms with E-state index in [0.717, 1.165) is 26.0 Å². The molecule has 0 bridgehead atoms. The standard InChI is InChI=1S/C10H10O7/c1-6(12)16-8(5-11)3-4-9(10(14)15)17-7(2)13/h3-5H,1-2H3,(H,14,15). The summed E-state index contributed by atoms with van der Waals surface area (Å²) in [6.45, 7) is 2.10. The lowest BCUT2D eigenvalue weighted by molar-refractivity contribution is -0.146. The second-order valence-electron chi connectivity index (χ2n) is 2.71. The molecule has 0 amide bonds. The molecule has 7 heteroatoms. The third kappa shape index (κ3) is 6.61. The van der Waals surface area contributed by atoms with Gasteiger partial charge in [0, 0.05) is 13.8 Å². The van der Waals surface area contributed by atoms with Gasteiger partial charge in [-0.2, -0.15) is 0 Å². The molecule has 0 atom stereocenters. The number of esters is 2. The van der Waals surface area contributed by atoms with Crippen LogP contribution in [0.25, 0.3) is 0 Å². The van der Waals surface area contributed by atoms with Crippen molar-refractivity contribution >= 4 is 24.2 Å². The predicted molar refractivity (Wildman–Crippen MR) is 53.4 cm³/mol. The molecule has 7 nitrogen and oxygen atoms in total. The lowest BCUT2D eigenvalue weighted by Crippen LogP contribution is -2.08. The van der Waals surface area contributed by atoms with Crippen LogP contribution in [-0.2, 0) is 28.7 Å². The molecule has 0 spiro atoms. The largest absolute Gasteiger partial charge is 0.475 e. The maximum absolute atomic E-state index is 10.6. The van der Waals surface area contributed by atoms with Crippen molar-refractivity contribution < 1.29 is 33.8 Å². The third-order valence-corrected chi connectivity index (χ3v) is 1.24. The first-order valence-electron chi connectivity index (χ1n) is 4.34. The van der Waals surface area contributed by atoms with Crippen LogP contribution >= 0.6 is 0 Å². The van der Waals surface area contributed by atoms with Crippen molar-refractivity contribution in [2.45, 2.75) is 13.8 Å². The third-order valence-electron chi connectivity index (χ3n) is 1.24. The van der Waals surface area contributed by atoms with Gasteiger partial charge in [0.05, 0.1) is 0 Å². The lowest BCUT2D eigenvalue weighted by atomic mass is 10.4.